The first-order chi connectivity index (χ1) is 10.6. The fourth-order valence-electron chi connectivity index (χ4n) is 2.58. The van der Waals surface area contributed by atoms with E-state index in [1.54, 1.807) is 24.3 Å². The molecular formula is C17H11ClO4. The molecule has 1 saturated heterocycles. The number of benzene rings is 2. The molecule has 4 nitrogen and oxygen atoms in total. The molecule has 110 valence electrons. The van der Waals surface area contributed by atoms with Crippen LogP contribution in [0.1, 0.15) is 23.5 Å². The zero-order chi connectivity index (χ0) is 15.3. The standard InChI is InChI=1S/C17H11ClO4/c18-10-6-4-9(5-7-10)16-17(22-16)14-8-12(20)15-11(19)2-1-3-13(15)21-14/h1-8,16-17,19H/t16-,17+/m1/s1. The van der Waals surface area contributed by atoms with Crippen molar-refractivity contribution in [3.05, 3.63) is 75.1 Å². The molecule has 0 amide bonds. The third kappa shape index (κ3) is 2.17. The molecule has 0 spiro atoms. The van der Waals surface area contributed by atoms with Gasteiger partial charge in [0.1, 0.15) is 34.7 Å². The molecule has 0 radical (unpaired) electrons. The van der Waals surface area contributed by atoms with Gasteiger partial charge in [-0.05, 0) is 29.8 Å². The Bertz CT molecular complexity index is 914. The number of fused-ring (bicyclic) bond motifs is 1. The smallest absolute Gasteiger partial charge is 0.196 e. The Hall–Kier alpha value is -2.30. The van der Waals surface area contributed by atoms with Gasteiger partial charge in [0.2, 0.25) is 0 Å². The maximum absolute atomic E-state index is 12.1. The van der Waals surface area contributed by atoms with Gasteiger partial charge in [0.25, 0.3) is 0 Å². The maximum Gasteiger partial charge on any atom is 0.196 e. The van der Waals surface area contributed by atoms with E-state index in [0.29, 0.717) is 16.4 Å². The fourth-order valence-corrected chi connectivity index (χ4v) is 2.71. The Morgan fingerprint density at radius 3 is 2.59 bits per heavy atom. The second kappa shape index (κ2) is 4.87. The molecule has 1 fully saturated rings. The maximum atomic E-state index is 12.1. The predicted octanol–water partition coefficient (Wildman–Crippen LogP) is 3.96. The van der Waals surface area contributed by atoms with Crippen LogP contribution in [0.2, 0.25) is 5.02 Å². The molecule has 1 aliphatic heterocycles. The van der Waals surface area contributed by atoms with Gasteiger partial charge in [-0.15, -0.1) is 0 Å². The lowest BCUT2D eigenvalue weighted by Gasteiger charge is -2.02. The Kier molecular flexibility index (Phi) is 2.96. The van der Waals surface area contributed by atoms with Gasteiger partial charge in [0.15, 0.2) is 5.43 Å². The lowest BCUT2D eigenvalue weighted by Crippen LogP contribution is -2.02. The van der Waals surface area contributed by atoms with Crippen molar-refractivity contribution >= 4 is 22.6 Å². The third-order valence-corrected chi connectivity index (χ3v) is 3.97. The second-order valence-electron chi connectivity index (χ2n) is 5.19. The fraction of sp³-hybridized carbons (Fsp3) is 0.118. The molecule has 0 saturated carbocycles. The van der Waals surface area contributed by atoms with Gasteiger partial charge in [0.05, 0.1) is 0 Å². The number of hydrogen-bond donors (Lipinski definition) is 1. The second-order valence-corrected chi connectivity index (χ2v) is 5.63. The van der Waals surface area contributed by atoms with E-state index < -0.39 is 0 Å². The Balaban J connectivity index is 1.71. The zero-order valence-corrected chi connectivity index (χ0v) is 12.1. The van der Waals surface area contributed by atoms with E-state index in [1.165, 1.54) is 12.1 Å². The average molecular weight is 315 g/mol. The molecule has 22 heavy (non-hydrogen) atoms. The van der Waals surface area contributed by atoms with Crippen LogP contribution in [-0.4, -0.2) is 5.11 Å². The van der Waals surface area contributed by atoms with Gasteiger partial charge in [-0.25, -0.2) is 0 Å². The molecular weight excluding hydrogens is 304 g/mol. The van der Waals surface area contributed by atoms with Crippen LogP contribution in [0.25, 0.3) is 11.0 Å². The van der Waals surface area contributed by atoms with Gasteiger partial charge < -0.3 is 14.3 Å². The molecule has 2 atom stereocenters. The van der Waals surface area contributed by atoms with E-state index in [0.717, 1.165) is 5.56 Å². The summed E-state index contributed by atoms with van der Waals surface area (Å²) < 4.78 is 11.3. The van der Waals surface area contributed by atoms with Crippen molar-refractivity contribution in [2.75, 3.05) is 0 Å². The molecule has 0 bridgehead atoms. The van der Waals surface area contributed by atoms with Crippen LogP contribution >= 0.6 is 11.6 Å². The lowest BCUT2D eigenvalue weighted by molar-refractivity contribution is 0.351. The summed E-state index contributed by atoms with van der Waals surface area (Å²) in [6.07, 6.45) is -0.434. The normalized spacial score (nSPS) is 20.2. The van der Waals surface area contributed by atoms with Crippen molar-refractivity contribution in [2.24, 2.45) is 0 Å². The third-order valence-electron chi connectivity index (χ3n) is 3.72. The summed E-state index contributed by atoms with van der Waals surface area (Å²) in [6.45, 7) is 0. The number of epoxide rings is 1. The van der Waals surface area contributed by atoms with Crippen LogP contribution < -0.4 is 5.43 Å². The summed E-state index contributed by atoms with van der Waals surface area (Å²) in [5.41, 5.74) is 1.06. The summed E-state index contributed by atoms with van der Waals surface area (Å²) in [6, 6.07) is 13.5. The number of phenolic OH excluding ortho intramolecular Hbond substituents is 1. The number of hydrogen-bond acceptors (Lipinski definition) is 4. The van der Waals surface area contributed by atoms with Gasteiger partial charge in [-0.1, -0.05) is 29.8 Å². The van der Waals surface area contributed by atoms with Crippen LogP contribution in [0, 0.1) is 0 Å². The summed E-state index contributed by atoms with van der Waals surface area (Å²) in [7, 11) is 0. The monoisotopic (exact) mass is 314 g/mol. The van der Waals surface area contributed by atoms with E-state index in [9.17, 15) is 9.90 Å². The Labute approximate surface area is 130 Å². The molecule has 1 aromatic heterocycles. The van der Waals surface area contributed by atoms with E-state index in [4.69, 9.17) is 20.8 Å². The largest absolute Gasteiger partial charge is 0.507 e. The first kappa shape index (κ1) is 13.4. The number of rotatable bonds is 2. The minimum atomic E-state index is -0.291. The minimum absolute atomic E-state index is 0.0798. The van der Waals surface area contributed by atoms with Crippen molar-refractivity contribution in [2.45, 2.75) is 12.2 Å². The van der Waals surface area contributed by atoms with Crippen LogP contribution in [0.5, 0.6) is 5.75 Å². The van der Waals surface area contributed by atoms with E-state index in [1.807, 2.05) is 12.1 Å². The van der Waals surface area contributed by atoms with Crippen LogP contribution in [-0.2, 0) is 4.74 Å². The number of aromatic hydroxyl groups is 1. The highest BCUT2D eigenvalue weighted by atomic mass is 35.5. The molecule has 1 aliphatic rings. The van der Waals surface area contributed by atoms with Crippen molar-refractivity contribution in [3.63, 3.8) is 0 Å². The van der Waals surface area contributed by atoms with Crippen molar-refractivity contribution in [1.82, 2.24) is 0 Å². The topological polar surface area (TPSA) is 63.0 Å². The summed E-state index contributed by atoms with van der Waals surface area (Å²) in [5.74, 6) is 0.381. The first-order valence-electron chi connectivity index (χ1n) is 6.80. The molecule has 4 rings (SSSR count). The van der Waals surface area contributed by atoms with E-state index in [2.05, 4.69) is 0 Å². The van der Waals surface area contributed by atoms with Crippen molar-refractivity contribution < 1.29 is 14.3 Å². The van der Waals surface area contributed by atoms with Crippen LogP contribution in [0.15, 0.2) is 57.7 Å². The first-order valence-corrected chi connectivity index (χ1v) is 7.18. The van der Waals surface area contributed by atoms with E-state index >= 15 is 0 Å². The number of ether oxygens (including phenoxy) is 1. The Morgan fingerprint density at radius 2 is 1.82 bits per heavy atom. The molecule has 5 heteroatoms. The molecule has 0 unspecified atom stereocenters. The van der Waals surface area contributed by atoms with Gasteiger partial charge in [-0.2, -0.15) is 0 Å². The highest BCUT2D eigenvalue weighted by molar-refractivity contribution is 6.30. The van der Waals surface area contributed by atoms with E-state index in [-0.39, 0.29) is 28.8 Å². The SMILES string of the molecule is O=c1cc([C@@H]2O[C@@H]2c2ccc(Cl)cc2)oc2cccc(O)c12. The lowest BCUT2D eigenvalue weighted by atomic mass is 10.1. The highest BCUT2D eigenvalue weighted by Crippen LogP contribution is 2.51. The van der Waals surface area contributed by atoms with Crippen LogP contribution in [0.3, 0.4) is 0 Å². The molecule has 3 aromatic rings. The highest BCUT2D eigenvalue weighted by Gasteiger charge is 2.43. The van der Waals surface area contributed by atoms with Crippen LogP contribution in [0.4, 0.5) is 0 Å². The van der Waals surface area contributed by atoms with Crippen molar-refractivity contribution in [1.29, 1.82) is 0 Å². The molecule has 2 aromatic carbocycles. The predicted molar refractivity (Wildman–Crippen MR) is 82.2 cm³/mol. The summed E-state index contributed by atoms with van der Waals surface area (Å²) in [4.78, 5) is 12.1. The van der Waals surface area contributed by atoms with Gasteiger partial charge in [-0.3, -0.25) is 4.79 Å². The summed E-state index contributed by atoms with van der Waals surface area (Å²) in [5, 5.41) is 10.6. The number of phenols is 1. The molecule has 1 N–H and O–H groups in total. The molecule has 2 heterocycles. The average Bonchev–Trinajstić information content (AvgIpc) is 3.28. The van der Waals surface area contributed by atoms with Crippen molar-refractivity contribution in [3.8, 4) is 5.75 Å². The quantitative estimate of drug-likeness (QED) is 0.727. The Morgan fingerprint density at radius 1 is 1.05 bits per heavy atom. The number of halogens is 1. The van der Waals surface area contributed by atoms with Gasteiger partial charge >= 0.3 is 0 Å². The summed E-state index contributed by atoms with van der Waals surface area (Å²) >= 11 is 5.87. The van der Waals surface area contributed by atoms with Gasteiger partial charge in [0, 0.05) is 11.1 Å². The molecule has 0 aliphatic carbocycles. The zero-order valence-electron chi connectivity index (χ0n) is 11.3. The minimum Gasteiger partial charge on any atom is -0.507 e.